The van der Waals surface area contributed by atoms with E-state index in [1.54, 1.807) is 42.1 Å². The first kappa shape index (κ1) is 17.0. The number of carbonyl (C=O) groups excluding carboxylic acids is 2. The van der Waals surface area contributed by atoms with Crippen LogP contribution in [0.15, 0.2) is 42.7 Å². The van der Waals surface area contributed by atoms with Crippen LogP contribution in [0.3, 0.4) is 0 Å². The van der Waals surface area contributed by atoms with Gasteiger partial charge in [0.05, 0.1) is 10.6 Å². The van der Waals surface area contributed by atoms with Crippen LogP contribution in [0.1, 0.15) is 23.7 Å². The van der Waals surface area contributed by atoms with Crippen molar-refractivity contribution in [1.29, 1.82) is 0 Å². The number of carbonyl (C=O) groups is 2. The molecule has 0 aliphatic carbocycles. The monoisotopic (exact) mass is 334 g/mol. The third kappa shape index (κ3) is 5.10. The molecule has 0 aliphatic rings. The number of rotatable bonds is 7. The number of amides is 2. The topological polar surface area (TPSA) is 76.0 Å². The molecule has 0 bridgehead atoms. The first-order valence-electron chi connectivity index (χ1n) is 7.38. The fourth-order valence-electron chi connectivity index (χ4n) is 2.02. The molecule has 2 amide bonds. The Bertz CT molecular complexity index is 658. The maximum Gasteiger partial charge on any atom is 0.253 e. The summed E-state index contributed by atoms with van der Waals surface area (Å²) in [5.41, 5.74) is 0.354. The Morgan fingerprint density at radius 3 is 2.78 bits per heavy atom. The summed E-state index contributed by atoms with van der Waals surface area (Å²) in [4.78, 5) is 24.1. The lowest BCUT2D eigenvalue weighted by Crippen LogP contribution is -2.45. The molecule has 0 radical (unpaired) electrons. The molecule has 2 rings (SSSR count). The first-order valence-corrected chi connectivity index (χ1v) is 7.76. The molecule has 0 saturated carbocycles. The Balaban J connectivity index is 1.74. The minimum absolute atomic E-state index is 0.231. The number of hydrogen-bond donors (Lipinski definition) is 2. The SMILES string of the molecule is C[C@@H](NC(=O)c1ccccc1Cl)C(=O)NCCCn1cccn1. The molecule has 1 atom stereocenters. The van der Waals surface area contributed by atoms with Crippen LogP contribution in [-0.2, 0) is 11.3 Å². The quantitative estimate of drug-likeness (QED) is 0.759. The molecular weight excluding hydrogens is 316 g/mol. The summed E-state index contributed by atoms with van der Waals surface area (Å²) >= 11 is 5.96. The van der Waals surface area contributed by atoms with Crippen molar-refractivity contribution in [3.8, 4) is 0 Å². The van der Waals surface area contributed by atoms with Crippen LogP contribution in [-0.4, -0.2) is 34.2 Å². The molecule has 1 heterocycles. The second-order valence-electron chi connectivity index (χ2n) is 5.09. The number of hydrogen-bond acceptors (Lipinski definition) is 3. The number of aromatic nitrogens is 2. The third-order valence-corrected chi connectivity index (χ3v) is 3.61. The Kier molecular flexibility index (Phi) is 6.17. The maximum absolute atomic E-state index is 12.1. The van der Waals surface area contributed by atoms with Crippen LogP contribution >= 0.6 is 11.6 Å². The minimum atomic E-state index is -0.636. The number of benzene rings is 1. The molecule has 6 nitrogen and oxygen atoms in total. The molecule has 0 saturated heterocycles. The summed E-state index contributed by atoms with van der Waals surface area (Å²) in [6, 6.07) is 7.94. The van der Waals surface area contributed by atoms with Gasteiger partial charge in [0, 0.05) is 25.5 Å². The zero-order valence-electron chi connectivity index (χ0n) is 12.8. The lowest BCUT2D eigenvalue weighted by atomic mass is 10.2. The van der Waals surface area contributed by atoms with Crippen LogP contribution in [0, 0.1) is 0 Å². The molecule has 0 aliphatic heterocycles. The Labute approximate surface area is 139 Å². The fourth-order valence-corrected chi connectivity index (χ4v) is 2.25. The largest absolute Gasteiger partial charge is 0.354 e. The molecular formula is C16H19ClN4O2. The zero-order chi connectivity index (χ0) is 16.7. The van der Waals surface area contributed by atoms with Gasteiger partial charge in [-0.1, -0.05) is 23.7 Å². The smallest absolute Gasteiger partial charge is 0.253 e. The van der Waals surface area contributed by atoms with E-state index in [0.29, 0.717) is 17.1 Å². The maximum atomic E-state index is 12.1. The van der Waals surface area contributed by atoms with Gasteiger partial charge in [-0.15, -0.1) is 0 Å². The molecule has 1 aromatic heterocycles. The van der Waals surface area contributed by atoms with E-state index in [9.17, 15) is 9.59 Å². The molecule has 1 aromatic carbocycles. The third-order valence-electron chi connectivity index (χ3n) is 3.28. The van der Waals surface area contributed by atoms with E-state index in [0.717, 1.165) is 13.0 Å². The second-order valence-corrected chi connectivity index (χ2v) is 5.50. The summed E-state index contributed by atoms with van der Waals surface area (Å²) in [5.74, 6) is -0.597. The predicted octanol–water partition coefficient (Wildman–Crippen LogP) is 1.86. The number of nitrogens with one attached hydrogen (secondary N) is 2. The van der Waals surface area contributed by atoms with Gasteiger partial charge in [0.1, 0.15) is 6.04 Å². The number of nitrogens with zero attached hydrogens (tertiary/aromatic N) is 2. The van der Waals surface area contributed by atoms with Crippen molar-refractivity contribution < 1.29 is 9.59 Å². The normalized spacial score (nSPS) is 11.7. The van der Waals surface area contributed by atoms with Crippen LogP contribution < -0.4 is 10.6 Å². The Hall–Kier alpha value is -2.34. The van der Waals surface area contributed by atoms with Gasteiger partial charge in [-0.2, -0.15) is 5.10 Å². The molecule has 7 heteroatoms. The lowest BCUT2D eigenvalue weighted by molar-refractivity contribution is -0.122. The van der Waals surface area contributed by atoms with Crippen LogP contribution in [0.25, 0.3) is 0 Å². The van der Waals surface area contributed by atoms with Crippen LogP contribution in [0.5, 0.6) is 0 Å². The molecule has 2 aromatic rings. The number of halogens is 1. The molecule has 0 fully saturated rings. The van der Waals surface area contributed by atoms with Crippen LogP contribution in [0.2, 0.25) is 5.02 Å². The van der Waals surface area contributed by atoms with Crippen molar-refractivity contribution in [3.05, 3.63) is 53.3 Å². The van der Waals surface area contributed by atoms with Gasteiger partial charge < -0.3 is 10.6 Å². The van der Waals surface area contributed by atoms with Gasteiger partial charge in [0.2, 0.25) is 5.91 Å². The van der Waals surface area contributed by atoms with E-state index in [2.05, 4.69) is 15.7 Å². The van der Waals surface area contributed by atoms with E-state index in [1.165, 1.54) is 0 Å². The standard InChI is InChI=1S/C16H19ClN4O2/c1-12(20-16(23)13-6-2-3-7-14(13)17)15(22)18-8-4-10-21-11-5-9-19-21/h2-3,5-7,9,11-12H,4,8,10H2,1H3,(H,18,22)(H,20,23)/t12-/m1/s1. The van der Waals surface area contributed by atoms with E-state index in [4.69, 9.17) is 11.6 Å². The van der Waals surface area contributed by atoms with Gasteiger partial charge in [0.15, 0.2) is 0 Å². The van der Waals surface area contributed by atoms with Gasteiger partial charge in [-0.25, -0.2) is 0 Å². The van der Waals surface area contributed by atoms with Crippen molar-refractivity contribution in [3.63, 3.8) is 0 Å². The highest BCUT2D eigenvalue weighted by atomic mass is 35.5. The van der Waals surface area contributed by atoms with E-state index in [-0.39, 0.29) is 11.8 Å². The van der Waals surface area contributed by atoms with Crippen molar-refractivity contribution in [1.82, 2.24) is 20.4 Å². The highest BCUT2D eigenvalue weighted by molar-refractivity contribution is 6.33. The minimum Gasteiger partial charge on any atom is -0.354 e. The van der Waals surface area contributed by atoms with Crippen molar-refractivity contribution in [2.75, 3.05) is 6.54 Å². The average Bonchev–Trinajstić information content (AvgIpc) is 3.05. The summed E-state index contributed by atoms with van der Waals surface area (Å²) in [5, 5.41) is 9.87. The Morgan fingerprint density at radius 2 is 2.09 bits per heavy atom. The molecule has 0 spiro atoms. The highest BCUT2D eigenvalue weighted by Crippen LogP contribution is 2.14. The second kappa shape index (κ2) is 8.33. The summed E-state index contributed by atoms with van der Waals surface area (Å²) in [6.07, 6.45) is 4.35. The van der Waals surface area contributed by atoms with E-state index in [1.807, 2.05) is 12.3 Å². The van der Waals surface area contributed by atoms with E-state index >= 15 is 0 Å². The van der Waals surface area contributed by atoms with Gasteiger partial charge in [0.25, 0.3) is 5.91 Å². The molecule has 122 valence electrons. The molecule has 0 unspecified atom stereocenters. The molecule has 2 N–H and O–H groups in total. The zero-order valence-corrected chi connectivity index (χ0v) is 13.6. The van der Waals surface area contributed by atoms with Gasteiger partial charge >= 0.3 is 0 Å². The summed E-state index contributed by atoms with van der Waals surface area (Å²) < 4.78 is 1.80. The highest BCUT2D eigenvalue weighted by Gasteiger charge is 2.17. The van der Waals surface area contributed by atoms with Crippen molar-refractivity contribution >= 4 is 23.4 Å². The van der Waals surface area contributed by atoms with E-state index < -0.39 is 6.04 Å². The van der Waals surface area contributed by atoms with Crippen LogP contribution in [0.4, 0.5) is 0 Å². The summed E-state index contributed by atoms with van der Waals surface area (Å²) in [6.45, 7) is 2.89. The fraction of sp³-hybridized carbons (Fsp3) is 0.312. The van der Waals surface area contributed by atoms with Crippen molar-refractivity contribution in [2.45, 2.75) is 25.9 Å². The average molecular weight is 335 g/mol. The summed E-state index contributed by atoms with van der Waals surface area (Å²) in [7, 11) is 0. The first-order chi connectivity index (χ1) is 11.1. The lowest BCUT2D eigenvalue weighted by Gasteiger charge is -2.14. The van der Waals surface area contributed by atoms with Crippen molar-refractivity contribution in [2.24, 2.45) is 0 Å². The molecule has 23 heavy (non-hydrogen) atoms. The predicted molar refractivity (Wildman–Crippen MR) is 88.2 cm³/mol. The van der Waals surface area contributed by atoms with Gasteiger partial charge in [-0.05, 0) is 31.5 Å². The van der Waals surface area contributed by atoms with Gasteiger partial charge in [-0.3, -0.25) is 14.3 Å². The Morgan fingerprint density at radius 1 is 1.30 bits per heavy atom. The number of aryl methyl sites for hydroxylation is 1.